The van der Waals surface area contributed by atoms with Crippen LogP contribution >= 0.6 is 11.6 Å². The molecular formula is C11H11ClN2O3. The number of benzene rings is 1. The lowest BCUT2D eigenvalue weighted by Crippen LogP contribution is -1.93. The van der Waals surface area contributed by atoms with Crippen molar-refractivity contribution >= 4 is 17.5 Å². The maximum atomic E-state index is 6.17. The lowest BCUT2D eigenvalue weighted by atomic mass is 10.1. The largest absolute Gasteiger partial charge is 0.497 e. The molecule has 0 amide bonds. The highest BCUT2D eigenvalue weighted by molar-refractivity contribution is 6.34. The van der Waals surface area contributed by atoms with Crippen molar-refractivity contribution in [1.29, 1.82) is 0 Å². The van der Waals surface area contributed by atoms with Crippen molar-refractivity contribution in [2.24, 2.45) is 0 Å². The average molecular weight is 255 g/mol. The van der Waals surface area contributed by atoms with Crippen LogP contribution in [-0.4, -0.2) is 19.4 Å². The minimum Gasteiger partial charge on any atom is -0.497 e. The Bertz CT molecular complexity index is 540. The predicted molar refractivity (Wildman–Crippen MR) is 64.5 cm³/mol. The van der Waals surface area contributed by atoms with Gasteiger partial charge in [0.15, 0.2) is 0 Å². The van der Waals surface area contributed by atoms with E-state index in [4.69, 9.17) is 31.3 Å². The second-order valence-corrected chi connectivity index (χ2v) is 3.70. The molecule has 0 aliphatic heterocycles. The molecule has 0 spiro atoms. The zero-order chi connectivity index (χ0) is 12.4. The van der Waals surface area contributed by atoms with E-state index in [1.54, 1.807) is 19.2 Å². The quantitative estimate of drug-likeness (QED) is 0.912. The van der Waals surface area contributed by atoms with E-state index < -0.39 is 0 Å². The summed E-state index contributed by atoms with van der Waals surface area (Å²) < 4.78 is 15.2. The van der Waals surface area contributed by atoms with Gasteiger partial charge in [-0.15, -0.1) is 0 Å². The molecule has 2 rings (SSSR count). The molecule has 2 N–H and O–H groups in total. The molecule has 90 valence electrons. The monoisotopic (exact) mass is 254 g/mol. The third-order valence-electron chi connectivity index (χ3n) is 2.35. The fraction of sp³-hybridized carbons (Fsp3) is 0.182. The average Bonchev–Trinajstić information content (AvgIpc) is 2.74. The van der Waals surface area contributed by atoms with E-state index in [9.17, 15) is 0 Å². The van der Waals surface area contributed by atoms with Crippen molar-refractivity contribution in [3.05, 3.63) is 23.4 Å². The Kier molecular flexibility index (Phi) is 3.10. The number of nitrogen functional groups attached to an aromatic ring is 1. The number of nitrogens with zero attached hydrogens (tertiary/aromatic N) is 1. The first kappa shape index (κ1) is 11.6. The van der Waals surface area contributed by atoms with Crippen LogP contribution in [0.15, 0.2) is 22.9 Å². The summed E-state index contributed by atoms with van der Waals surface area (Å²) in [7, 11) is 3.09. The van der Waals surface area contributed by atoms with Crippen LogP contribution in [-0.2, 0) is 0 Å². The zero-order valence-corrected chi connectivity index (χ0v) is 10.1. The van der Waals surface area contributed by atoms with Gasteiger partial charge in [-0.25, -0.2) is 0 Å². The van der Waals surface area contributed by atoms with Gasteiger partial charge in [-0.05, 0) is 6.07 Å². The van der Waals surface area contributed by atoms with Gasteiger partial charge in [-0.1, -0.05) is 16.8 Å². The fourth-order valence-electron chi connectivity index (χ4n) is 1.53. The van der Waals surface area contributed by atoms with Crippen LogP contribution in [0.5, 0.6) is 11.5 Å². The highest BCUT2D eigenvalue weighted by Crippen LogP contribution is 2.41. The molecule has 0 bridgehead atoms. The van der Waals surface area contributed by atoms with Crippen LogP contribution in [0.3, 0.4) is 0 Å². The number of halogens is 1. The van der Waals surface area contributed by atoms with E-state index in [2.05, 4.69) is 5.16 Å². The maximum Gasteiger partial charge on any atom is 0.230 e. The van der Waals surface area contributed by atoms with Gasteiger partial charge in [0.05, 0.1) is 31.0 Å². The van der Waals surface area contributed by atoms with Crippen molar-refractivity contribution < 1.29 is 14.0 Å². The number of anilines is 1. The Morgan fingerprint density at radius 1 is 1.29 bits per heavy atom. The van der Waals surface area contributed by atoms with Crippen molar-refractivity contribution in [3.63, 3.8) is 0 Å². The summed E-state index contributed by atoms with van der Waals surface area (Å²) in [6.45, 7) is 0. The molecule has 6 heteroatoms. The van der Waals surface area contributed by atoms with Gasteiger partial charge in [-0.2, -0.15) is 0 Å². The van der Waals surface area contributed by atoms with Gasteiger partial charge in [0.25, 0.3) is 0 Å². The normalized spacial score (nSPS) is 10.3. The van der Waals surface area contributed by atoms with E-state index in [1.807, 2.05) is 0 Å². The molecule has 17 heavy (non-hydrogen) atoms. The lowest BCUT2D eigenvalue weighted by molar-refractivity contribution is 0.395. The van der Waals surface area contributed by atoms with E-state index in [1.165, 1.54) is 13.3 Å². The summed E-state index contributed by atoms with van der Waals surface area (Å²) in [5.41, 5.74) is 6.89. The minimum absolute atomic E-state index is 0.190. The Hall–Kier alpha value is -1.88. The molecular weight excluding hydrogens is 244 g/mol. The van der Waals surface area contributed by atoms with E-state index in [-0.39, 0.29) is 5.88 Å². The van der Waals surface area contributed by atoms with Crippen LogP contribution in [0.2, 0.25) is 5.02 Å². The second-order valence-electron chi connectivity index (χ2n) is 3.29. The van der Waals surface area contributed by atoms with Gasteiger partial charge in [0.2, 0.25) is 5.88 Å². The number of ether oxygens (including phenoxy) is 2. The molecule has 1 heterocycles. The first-order chi connectivity index (χ1) is 8.17. The van der Waals surface area contributed by atoms with Crippen molar-refractivity contribution in [2.75, 3.05) is 20.0 Å². The Morgan fingerprint density at radius 2 is 2.06 bits per heavy atom. The summed E-state index contributed by atoms with van der Waals surface area (Å²) >= 11 is 6.17. The van der Waals surface area contributed by atoms with Crippen molar-refractivity contribution in [1.82, 2.24) is 5.16 Å². The topological polar surface area (TPSA) is 70.5 Å². The fourth-order valence-corrected chi connectivity index (χ4v) is 1.84. The van der Waals surface area contributed by atoms with Crippen molar-refractivity contribution in [2.45, 2.75) is 0 Å². The summed E-state index contributed by atoms with van der Waals surface area (Å²) in [5.74, 6) is 1.34. The molecule has 1 aromatic heterocycles. The molecule has 0 aliphatic rings. The summed E-state index contributed by atoms with van der Waals surface area (Å²) in [6, 6.07) is 3.39. The molecule has 0 saturated carbocycles. The molecule has 2 aromatic rings. The summed E-state index contributed by atoms with van der Waals surface area (Å²) in [6.07, 6.45) is 1.49. The molecule has 0 unspecified atom stereocenters. The van der Waals surface area contributed by atoms with Gasteiger partial charge in [0.1, 0.15) is 11.5 Å². The summed E-state index contributed by atoms with van der Waals surface area (Å²) in [5, 5.41) is 4.07. The first-order valence-corrected chi connectivity index (χ1v) is 5.17. The summed E-state index contributed by atoms with van der Waals surface area (Å²) in [4.78, 5) is 0. The smallest absolute Gasteiger partial charge is 0.230 e. The molecule has 0 fully saturated rings. The van der Waals surface area contributed by atoms with E-state index >= 15 is 0 Å². The SMILES string of the molecule is COc1cc(Cl)c(-c2cnoc2N)c(OC)c1. The standard InChI is InChI=1S/C11H11ClN2O3/c1-15-6-3-8(12)10(9(4-6)16-2)7-5-14-17-11(7)13/h3-5H,13H2,1-2H3. The molecule has 0 saturated heterocycles. The highest BCUT2D eigenvalue weighted by Gasteiger charge is 2.17. The molecule has 0 atom stereocenters. The highest BCUT2D eigenvalue weighted by atomic mass is 35.5. The van der Waals surface area contributed by atoms with Gasteiger partial charge in [-0.3, -0.25) is 0 Å². The molecule has 1 aromatic carbocycles. The third-order valence-corrected chi connectivity index (χ3v) is 2.65. The minimum atomic E-state index is 0.190. The zero-order valence-electron chi connectivity index (χ0n) is 9.36. The molecule has 5 nitrogen and oxygen atoms in total. The van der Waals surface area contributed by atoms with E-state index in [0.717, 1.165) is 0 Å². The van der Waals surface area contributed by atoms with Gasteiger partial charge < -0.3 is 19.7 Å². The third kappa shape index (κ3) is 2.01. The van der Waals surface area contributed by atoms with Gasteiger partial charge >= 0.3 is 0 Å². The Morgan fingerprint density at radius 3 is 2.59 bits per heavy atom. The van der Waals surface area contributed by atoms with Crippen molar-refractivity contribution in [3.8, 4) is 22.6 Å². The maximum absolute atomic E-state index is 6.17. The van der Waals surface area contributed by atoms with Crippen LogP contribution < -0.4 is 15.2 Å². The number of nitrogens with two attached hydrogens (primary N) is 1. The predicted octanol–water partition coefficient (Wildman–Crippen LogP) is 2.59. The van der Waals surface area contributed by atoms with Crippen LogP contribution in [0.25, 0.3) is 11.1 Å². The lowest BCUT2D eigenvalue weighted by Gasteiger charge is -2.11. The van der Waals surface area contributed by atoms with Gasteiger partial charge in [0, 0.05) is 11.6 Å². The van der Waals surface area contributed by atoms with E-state index in [0.29, 0.717) is 27.6 Å². The number of rotatable bonds is 3. The Labute approximate surface area is 103 Å². The van der Waals surface area contributed by atoms with Crippen LogP contribution in [0.1, 0.15) is 0 Å². The van der Waals surface area contributed by atoms with Crippen LogP contribution in [0, 0.1) is 0 Å². The molecule has 0 radical (unpaired) electrons. The second kappa shape index (κ2) is 4.55. The number of methoxy groups -OCH3 is 2. The molecule has 0 aliphatic carbocycles. The number of aromatic nitrogens is 1. The number of hydrogen-bond acceptors (Lipinski definition) is 5. The van der Waals surface area contributed by atoms with Crippen LogP contribution in [0.4, 0.5) is 5.88 Å². The first-order valence-electron chi connectivity index (χ1n) is 4.79. The Balaban J connectivity index is 2.65. The number of hydrogen-bond donors (Lipinski definition) is 1.